The number of nitrogens with zero attached hydrogens (tertiary/aromatic N) is 2. The summed E-state index contributed by atoms with van der Waals surface area (Å²) in [6.45, 7) is 1.84. The minimum absolute atomic E-state index is 0.153. The van der Waals surface area contributed by atoms with Gasteiger partial charge >= 0.3 is 5.97 Å². The van der Waals surface area contributed by atoms with Gasteiger partial charge in [-0.2, -0.15) is 5.26 Å². The topological polar surface area (TPSA) is 121 Å². The van der Waals surface area contributed by atoms with Crippen LogP contribution in [0.3, 0.4) is 0 Å². The van der Waals surface area contributed by atoms with Gasteiger partial charge in [0, 0.05) is 22.8 Å². The van der Waals surface area contributed by atoms with Crippen LogP contribution in [0.2, 0.25) is 0 Å². The van der Waals surface area contributed by atoms with Crippen LogP contribution in [0.1, 0.15) is 6.92 Å². The summed E-state index contributed by atoms with van der Waals surface area (Å²) in [6, 6.07) is 8.51. The van der Waals surface area contributed by atoms with E-state index in [2.05, 4.69) is 15.0 Å². The Labute approximate surface area is 155 Å². The molecule has 1 heterocycles. The van der Waals surface area contributed by atoms with Gasteiger partial charge in [-0.25, -0.2) is 18.2 Å². The molecule has 0 aliphatic carbocycles. The first-order valence-electron chi connectivity index (χ1n) is 7.40. The van der Waals surface area contributed by atoms with E-state index in [1.165, 1.54) is 17.5 Å². The molecule has 0 saturated heterocycles. The maximum absolute atomic E-state index is 11.5. The molecular formula is C16H16N4O4S2. The zero-order valence-electron chi connectivity index (χ0n) is 14.0. The number of nitriles is 1. The van der Waals surface area contributed by atoms with Crippen LogP contribution < -0.4 is 10.0 Å². The Bertz CT molecular complexity index is 957. The minimum atomic E-state index is -3.32. The van der Waals surface area contributed by atoms with Gasteiger partial charge in [-0.05, 0) is 19.1 Å². The molecule has 1 aromatic heterocycles. The third-order valence-corrected chi connectivity index (χ3v) is 4.32. The van der Waals surface area contributed by atoms with Crippen LogP contribution in [0.25, 0.3) is 11.3 Å². The lowest BCUT2D eigenvalue weighted by molar-refractivity contribution is -0.138. The molecule has 0 aliphatic heterocycles. The quantitative estimate of drug-likeness (QED) is 0.422. The van der Waals surface area contributed by atoms with Gasteiger partial charge in [0.2, 0.25) is 10.0 Å². The van der Waals surface area contributed by atoms with Crippen molar-refractivity contribution in [2.45, 2.75) is 6.92 Å². The molecule has 0 bridgehead atoms. The van der Waals surface area contributed by atoms with Crippen molar-refractivity contribution in [1.29, 1.82) is 5.26 Å². The van der Waals surface area contributed by atoms with Gasteiger partial charge in [0.1, 0.15) is 6.07 Å². The van der Waals surface area contributed by atoms with Crippen LogP contribution in [0.15, 0.2) is 41.4 Å². The Morgan fingerprint density at radius 3 is 2.65 bits per heavy atom. The normalized spacial score (nSPS) is 11.5. The molecule has 0 unspecified atom stereocenters. The van der Waals surface area contributed by atoms with Crippen LogP contribution in [0.4, 0.5) is 10.8 Å². The number of hydrogen-bond donors (Lipinski definition) is 2. The van der Waals surface area contributed by atoms with Gasteiger partial charge < -0.3 is 10.1 Å². The van der Waals surface area contributed by atoms with E-state index < -0.39 is 16.0 Å². The summed E-state index contributed by atoms with van der Waals surface area (Å²) in [5.74, 6) is -0.701. The van der Waals surface area contributed by atoms with Gasteiger partial charge in [-0.1, -0.05) is 12.1 Å². The van der Waals surface area contributed by atoms with Crippen LogP contribution >= 0.6 is 11.3 Å². The molecule has 0 radical (unpaired) electrons. The van der Waals surface area contributed by atoms with Crippen LogP contribution in [-0.4, -0.2) is 32.2 Å². The highest BCUT2D eigenvalue weighted by molar-refractivity contribution is 7.92. The molecule has 0 spiro atoms. The van der Waals surface area contributed by atoms with Crippen molar-refractivity contribution in [2.24, 2.45) is 0 Å². The number of thiazole rings is 1. The van der Waals surface area contributed by atoms with Crippen molar-refractivity contribution >= 4 is 38.1 Å². The molecule has 10 heteroatoms. The summed E-state index contributed by atoms with van der Waals surface area (Å²) in [7, 11) is -3.32. The number of sulfonamides is 1. The SMILES string of the molecule is CCOC(=O)/C(C#N)=C/Nc1nc(-c2ccc(NS(C)(=O)=O)cc2)cs1. The molecule has 0 saturated carbocycles. The van der Waals surface area contributed by atoms with Crippen molar-refractivity contribution in [3.05, 3.63) is 41.4 Å². The van der Waals surface area contributed by atoms with Gasteiger partial charge in [0.15, 0.2) is 10.7 Å². The summed E-state index contributed by atoms with van der Waals surface area (Å²) in [5.41, 5.74) is 1.77. The van der Waals surface area contributed by atoms with E-state index in [9.17, 15) is 13.2 Å². The predicted molar refractivity (Wildman–Crippen MR) is 100.0 cm³/mol. The van der Waals surface area contributed by atoms with Crippen molar-refractivity contribution in [3.8, 4) is 17.3 Å². The first-order valence-corrected chi connectivity index (χ1v) is 10.2. The number of anilines is 2. The van der Waals surface area contributed by atoms with E-state index >= 15 is 0 Å². The van der Waals surface area contributed by atoms with E-state index in [4.69, 9.17) is 10.00 Å². The zero-order chi connectivity index (χ0) is 19.2. The lowest BCUT2D eigenvalue weighted by atomic mass is 10.1. The molecule has 8 nitrogen and oxygen atoms in total. The third-order valence-electron chi connectivity index (χ3n) is 2.94. The van der Waals surface area contributed by atoms with E-state index in [-0.39, 0.29) is 12.2 Å². The first kappa shape index (κ1) is 19.4. The number of carbonyl (C=O) groups is 1. The second-order valence-corrected chi connectivity index (χ2v) is 7.63. The van der Waals surface area contributed by atoms with E-state index in [1.54, 1.807) is 42.6 Å². The van der Waals surface area contributed by atoms with Crippen molar-refractivity contribution < 1.29 is 17.9 Å². The number of esters is 1. The number of carbonyl (C=O) groups excluding carboxylic acids is 1. The Kier molecular flexibility index (Phi) is 6.32. The van der Waals surface area contributed by atoms with Crippen LogP contribution in [0.5, 0.6) is 0 Å². The fraction of sp³-hybridized carbons (Fsp3) is 0.188. The molecule has 2 aromatic rings. The van der Waals surface area contributed by atoms with Crippen molar-refractivity contribution in [2.75, 3.05) is 22.9 Å². The number of aromatic nitrogens is 1. The largest absolute Gasteiger partial charge is 0.462 e. The number of ether oxygens (including phenoxy) is 1. The van der Waals surface area contributed by atoms with Crippen molar-refractivity contribution in [3.63, 3.8) is 0 Å². The summed E-state index contributed by atoms with van der Waals surface area (Å²) >= 11 is 1.30. The molecule has 0 atom stereocenters. The zero-order valence-corrected chi connectivity index (χ0v) is 15.6. The first-order chi connectivity index (χ1) is 12.3. The van der Waals surface area contributed by atoms with Crippen LogP contribution in [0, 0.1) is 11.3 Å². The Morgan fingerprint density at radius 1 is 1.38 bits per heavy atom. The smallest absolute Gasteiger partial charge is 0.350 e. The fourth-order valence-electron chi connectivity index (χ4n) is 1.88. The summed E-state index contributed by atoms with van der Waals surface area (Å²) in [4.78, 5) is 15.9. The molecule has 0 aliphatic rings. The molecule has 2 rings (SSSR count). The van der Waals surface area contributed by atoms with Gasteiger partial charge in [-0.15, -0.1) is 11.3 Å². The van der Waals surface area contributed by atoms with E-state index in [0.29, 0.717) is 16.5 Å². The number of rotatable bonds is 7. The maximum atomic E-state index is 11.5. The Hall–Kier alpha value is -2.90. The second kappa shape index (κ2) is 8.46. The molecule has 136 valence electrons. The molecular weight excluding hydrogens is 376 g/mol. The minimum Gasteiger partial charge on any atom is -0.462 e. The summed E-state index contributed by atoms with van der Waals surface area (Å²) in [6.07, 6.45) is 2.33. The van der Waals surface area contributed by atoms with E-state index in [1.807, 2.05) is 0 Å². The molecule has 2 N–H and O–H groups in total. The molecule has 1 aromatic carbocycles. The highest BCUT2D eigenvalue weighted by atomic mass is 32.2. The molecule has 26 heavy (non-hydrogen) atoms. The Morgan fingerprint density at radius 2 is 2.08 bits per heavy atom. The summed E-state index contributed by atoms with van der Waals surface area (Å²) in [5, 5.41) is 14.1. The lowest BCUT2D eigenvalue weighted by Gasteiger charge is -2.04. The number of hydrogen-bond acceptors (Lipinski definition) is 8. The molecule has 0 amide bonds. The van der Waals surface area contributed by atoms with Gasteiger partial charge in [0.25, 0.3) is 0 Å². The van der Waals surface area contributed by atoms with E-state index in [0.717, 1.165) is 11.8 Å². The number of benzene rings is 1. The van der Waals surface area contributed by atoms with Crippen molar-refractivity contribution in [1.82, 2.24) is 4.98 Å². The Balaban J connectivity index is 2.10. The van der Waals surface area contributed by atoms with Gasteiger partial charge in [-0.3, -0.25) is 4.72 Å². The standard InChI is InChI=1S/C16H16N4O4S2/c1-3-24-15(21)12(8-17)9-18-16-19-14(10-25-16)11-4-6-13(7-5-11)20-26(2,22)23/h4-7,9-10,20H,3H2,1-2H3,(H,18,19)/b12-9+. The average molecular weight is 392 g/mol. The maximum Gasteiger partial charge on any atom is 0.350 e. The fourth-order valence-corrected chi connectivity index (χ4v) is 3.13. The highest BCUT2D eigenvalue weighted by Gasteiger charge is 2.10. The lowest BCUT2D eigenvalue weighted by Crippen LogP contribution is -2.09. The summed E-state index contributed by atoms with van der Waals surface area (Å²) < 4.78 is 29.6. The number of nitrogens with one attached hydrogen (secondary N) is 2. The average Bonchev–Trinajstić information content (AvgIpc) is 3.04. The monoisotopic (exact) mass is 392 g/mol. The third kappa shape index (κ3) is 5.58. The van der Waals surface area contributed by atoms with Crippen LogP contribution in [-0.2, 0) is 19.6 Å². The predicted octanol–water partition coefficient (Wildman–Crippen LogP) is 2.56. The molecule has 0 fully saturated rings. The second-order valence-electron chi connectivity index (χ2n) is 5.02. The van der Waals surface area contributed by atoms with Gasteiger partial charge in [0.05, 0.1) is 18.6 Å². The highest BCUT2D eigenvalue weighted by Crippen LogP contribution is 2.26.